The molecule has 0 bridgehead atoms. The lowest BCUT2D eigenvalue weighted by atomic mass is 10.0. The summed E-state index contributed by atoms with van der Waals surface area (Å²) in [6.45, 7) is 1.40. The second kappa shape index (κ2) is 23.4. The molecule has 3 unspecified atom stereocenters. The number of unbranched alkanes of at least 4 members (excludes halogenated alkanes) is 14. The van der Waals surface area contributed by atoms with Crippen molar-refractivity contribution < 1.29 is 43.6 Å². The number of hydrogen-bond donors (Lipinski definition) is 3. The molecule has 0 radical (unpaired) electrons. The van der Waals surface area contributed by atoms with Crippen molar-refractivity contribution in [2.45, 2.75) is 122 Å². The molecule has 0 aromatic heterocycles. The van der Waals surface area contributed by atoms with Gasteiger partial charge >= 0.3 is 19.3 Å². The van der Waals surface area contributed by atoms with Gasteiger partial charge in [0.2, 0.25) is 0 Å². The monoisotopic (exact) mass is 542 g/mol. The standard InChI is InChI=1S/C28H51BO9/c1-2-3-4-5-6-7-8-9-10-11-12-13-14-15-16-17-18-24-19-27(31)37-26(23-36-28(24)32)22-35-21-25(20-30)38-29(33)34/h17-18,24-26,30,33-34H,2-16,19-23H2,1H3. The van der Waals surface area contributed by atoms with Gasteiger partial charge in [0.05, 0.1) is 38.3 Å². The molecule has 3 atom stereocenters. The van der Waals surface area contributed by atoms with Gasteiger partial charge in [-0.15, -0.1) is 0 Å². The second-order valence-corrected chi connectivity index (χ2v) is 10.2. The van der Waals surface area contributed by atoms with Crippen molar-refractivity contribution in [1.29, 1.82) is 0 Å². The molecular formula is C28H51BO9. The van der Waals surface area contributed by atoms with Crippen molar-refractivity contribution in [2.24, 2.45) is 5.92 Å². The van der Waals surface area contributed by atoms with E-state index in [9.17, 15) is 9.59 Å². The quantitative estimate of drug-likeness (QED) is 0.0750. The SMILES string of the molecule is CCCCCCCCCCCCCCCCC=CC1CC(=O)OC(COCC(CO)OB(O)O)COC1=O. The molecule has 1 aliphatic heterocycles. The number of hydrogen-bond acceptors (Lipinski definition) is 9. The van der Waals surface area contributed by atoms with Gasteiger partial charge in [-0.1, -0.05) is 103 Å². The molecule has 1 heterocycles. The Morgan fingerprint density at radius 3 is 2.08 bits per heavy atom. The van der Waals surface area contributed by atoms with Crippen LogP contribution in [-0.2, 0) is 28.5 Å². The number of ether oxygens (including phenoxy) is 3. The first-order valence-electron chi connectivity index (χ1n) is 14.7. The third kappa shape index (κ3) is 18.7. The topological polar surface area (TPSA) is 132 Å². The van der Waals surface area contributed by atoms with E-state index < -0.39 is 44.0 Å². The van der Waals surface area contributed by atoms with E-state index in [0.29, 0.717) is 0 Å². The van der Waals surface area contributed by atoms with Gasteiger partial charge in [0.15, 0.2) is 6.10 Å². The Labute approximate surface area is 229 Å². The molecule has 3 N–H and O–H groups in total. The van der Waals surface area contributed by atoms with Gasteiger partial charge in [0, 0.05) is 0 Å². The van der Waals surface area contributed by atoms with Crippen LogP contribution in [0, 0.1) is 5.92 Å². The Morgan fingerprint density at radius 1 is 0.947 bits per heavy atom. The number of carbonyl (C=O) groups is 2. The molecule has 10 heteroatoms. The van der Waals surface area contributed by atoms with Gasteiger partial charge in [-0.3, -0.25) is 9.59 Å². The van der Waals surface area contributed by atoms with Crippen LogP contribution in [0.25, 0.3) is 0 Å². The Morgan fingerprint density at radius 2 is 1.53 bits per heavy atom. The highest BCUT2D eigenvalue weighted by Crippen LogP contribution is 2.17. The van der Waals surface area contributed by atoms with Crippen LogP contribution in [0.4, 0.5) is 0 Å². The van der Waals surface area contributed by atoms with E-state index in [-0.39, 0.29) is 26.2 Å². The summed E-state index contributed by atoms with van der Waals surface area (Å²) >= 11 is 0. The van der Waals surface area contributed by atoms with Crippen LogP contribution in [0.2, 0.25) is 0 Å². The normalized spacial score (nSPS) is 19.2. The molecule has 38 heavy (non-hydrogen) atoms. The van der Waals surface area contributed by atoms with Crippen molar-refractivity contribution in [1.82, 2.24) is 0 Å². The highest BCUT2D eigenvalue weighted by atomic mass is 16.6. The summed E-state index contributed by atoms with van der Waals surface area (Å²) < 4.78 is 20.5. The minimum atomic E-state index is -2.03. The number of aliphatic hydroxyl groups excluding tert-OH is 1. The molecule has 220 valence electrons. The van der Waals surface area contributed by atoms with E-state index in [1.165, 1.54) is 83.5 Å². The average Bonchev–Trinajstić information content (AvgIpc) is 2.88. The van der Waals surface area contributed by atoms with Crippen LogP contribution in [0.1, 0.15) is 110 Å². The molecule has 0 aliphatic carbocycles. The molecule has 0 spiro atoms. The number of aliphatic hydroxyl groups is 1. The molecule has 1 aliphatic rings. The lowest BCUT2D eigenvalue weighted by Crippen LogP contribution is -2.37. The number of rotatable bonds is 23. The molecule has 1 saturated heterocycles. The third-order valence-corrected chi connectivity index (χ3v) is 6.62. The van der Waals surface area contributed by atoms with E-state index in [0.717, 1.165) is 12.8 Å². The zero-order valence-corrected chi connectivity index (χ0v) is 23.4. The fourth-order valence-electron chi connectivity index (χ4n) is 4.40. The Hall–Kier alpha value is -1.46. The molecular weight excluding hydrogens is 491 g/mol. The van der Waals surface area contributed by atoms with Crippen LogP contribution in [0.15, 0.2) is 12.2 Å². The maximum atomic E-state index is 12.4. The van der Waals surface area contributed by atoms with Crippen molar-refractivity contribution in [3.05, 3.63) is 12.2 Å². The van der Waals surface area contributed by atoms with E-state index >= 15 is 0 Å². The molecule has 0 amide bonds. The van der Waals surface area contributed by atoms with Gasteiger partial charge in [0.1, 0.15) is 6.61 Å². The molecule has 1 rings (SSSR count). The highest BCUT2D eigenvalue weighted by Gasteiger charge is 2.29. The number of carbonyl (C=O) groups excluding carboxylic acids is 2. The summed E-state index contributed by atoms with van der Waals surface area (Å²) in [5.41, 5.74) is 0. The maximum absolute atomic E-state index is 12.4. The number of cyclic esters (lactones) is 2. The fraction of sp³-hybridized carbons (Fsp3) is 0.857. The summed E-state index contributed by atoms with van der Waals surface area (Å²) in [5, 5.41) is 26.7. The summed E-state index contributed by atoms with van der Waals surface area (Å²) in [6.07, 6.45) is 21.1. The van der Waals surface area contributed by atoms with Gasteiger partial charge in [-0.25, -0.2) is 0 Å². The average molecular weight is 543 g/mol. The van der Waals surface area contributed by atoms with E-state index in [1.54, 1.807) is 6.08 Å². The zero-order valence-electron chi connectivity index (χ0n) is 23.4. The Bertz CT molecular complexity index is 629. The zero-order chi connectivity index (χ0) is 27.8. The maximum Gasteiger partial charge on any atom is 0.634 e. The number of allylic oxidation sites excluding steroid dienone is 1. The van der Waals surface area contributed by atoms with E-state index in [1.807, 2.05) is 6.08 Å². The molecule has 9 nitrogen and oxygen atoms in total. The smallest absolute Gasteiger partial charge is 0.461 e. The van der Waals surface area contributed by atoms with Crippen LogP contribution in [0.3, 0.4) is 0 Å². The predicted octanol–water partition coefficient (Wildman–Crippen LogP) is 4.25. The highest BCUT2D eigenvalue weighted by molar-refractivity contribution is 6.32. The summed E-state index contributed by atoms with van der Waals surface area (Å²) in [7, 11) is -2.03. The van der Waals surface area contributed by atoms with Gasteiger partial charge in [-0.05, 0) is 12.8 Å². The predicted molar refractivity (Wildman–Crippen MR) is 146 cm³/mol. The molecule has 0 saturated carbocycles. The van der Waals surface area contributed by atoms with Gasteiger partial charge in [0.25, 0.3) is 0 Å². The van der Waals surface area contributed by atoms with E-state index in [4.69, 9.17) is 29.4 Å². The van der Waals surface area contributed by atoms with E-state index in [2.05, 4.69) is 11.6 Å². The van der Waals surface area contributed by atoms with Crippen molar-refractivity contribution in [3.63, 3.8) is 0 Å². The van der Waals surface area contributed by atoms with Crippen LogP contribution < -0.4 is 0 Å². The summed E-state index contributed by atoms with van der Waals surface area (Å²) in [6, 6.07) is 0. The first-order chi connectivity index (χ1) is 18.5. The molecule has 0 aromatic carbocycles. The van der Waals surface area contributed by atoms with Crippen molar-refractivity contribution in [2.75, 3.05) is 26.4 Å². The van der Waals surface area contributed by atoms with Crippen LogP contribution in [0.5, 0.6) is 0 Å². The fourth-order valence-corrected chi connectivity index (χ4v) is 4.40. The lowest BCUT2D eigenvalue weighted by Gasteiger charge is -2.24. The minimum Gasteiger partial charge on any atom is -0.461 e. The minimum absolute atomic E-state index is 0.0833. The van der Waals surface area contributed by atoms with Crippen molar-refractivity contribution >= 4 is 19.3 Å². The lowest BCUT2D eigenvalue weighted by molar-refractivity contribution is -0.172. The van der Waals surface area contributed by atoms with Gasteiger partial charge in [-0.2, -0.15) is 0 Å². The molecule has 0 aromatic rings. The van der Waals surface area contributed by atoms with Crippen molar-refractivity contribution in [3.8, 4) is 0 Å². The second-order valence-electron chi connectivity index (χ2n) is 10.2. The van der Waals surface area contributed by atoms with Crippen LogP contribution >= 0.6 is 0 Å². The first-order valence-corrected chi connectivity index (χ1v) is 14.7. The Kier molecular flexibility index (Phi) is 21.3. The summed E-state index contributed by atoms with van der Waals surface area (Å²) in [4.78, 5) is 24.6. The first kappa shape index (κ1) is 34.6. The van der Waals surface area contributed by atoms with Crippen LogP contribution in [-0.4, -0.2) is 73.0 Å². The molecule has 1 fully saturated rings. The van der Waals surface area contributed by atoms with Gasteiger partial charge < -0.3 is 34.0 Å². The third-order valence-electron chi connectivity index (χ3n) is 6.62. The summed E-state index contributed by atoms with van der Waals surface area (Å²) in [5.74, 6) is -1.64. The number of esters is 2. The largest absolute Gasteiger partial charge is 0.634 e. The Balaban J connectivity index is 2.10.